The van der Waals surface area contributed by atoms with E-state index in [1.807, 2.05) is 29.2 Å². The smallest absolute Gasteiger partial charge is 0.225 e. The van der Waals surface area contributed by atoms with Crippen LogP contribution in [0.15, 0.2) is 42.6 Å². The van der Waals surface area contributed by atoms with Crippen molar-refractivity contribution in [1.82, 2.24) is 15.2 Å². The standard InChI is InChI=1S/C24H28FN3O2/c1-16-12-18(7-8-22(16)25)19-13-20(15-28(14-19)24(30)17-5-6-17)23(29)27-11-9-21-4-2-3-10-26-21/h2-4,7-8,10,12,17,19-20H,5-6,9,11,13-15H2,1H3,(H,27,29)/t19-,20-/m0/s1. The molecule has 0 bridgehead atoms. The van der Waals surface area contributed by atoms with Crippen LogP contribution in [0.4, 0.5) is 4.39 Å². The van der Waals surface area contributed by atoms with Gasteiger partial charge in [-0.2, -0.15) is 0 Å². The molecule has 158 valence electrons. The lowest BCUT2D eigenvalue weighted by Gasteiger charge is -2.37. The van der Waals surface area contributed by atoms with Gasteiger partial charge in [-0.3, -0.25) is 14.6 Å². The number of nitrogens with zero attached hydrogens (tertiary/aromatic N) is 2. The number of benzene rings is 1. The van der Waals surface area contributed by atoms with Gasteiger partial charge in [-0.05, 0) is 55.5 Å². The Kier molecular flexibility index (Phi) is 6.11. The largest absolute Gasteiger partial charge is 0.355 e. The second kappa shape index (κ2) is 8.94. The van der Waals surface area contributed by atoms with Crippen molar-refractivity contribution in [3.05, 3.63) is 65.2 Å². The number of rotatable bonds is 6. The van der Waals surface area contributed by atoms with E-state index in [0.29, 0.717) is 38.0 Å². The number of hydrogen-bond acceptors (Lipinski definition) is 3. The number of hydrogen-bond donors (Lipinski definition) is 1. The summed E-state index contributed by atoms with van der Waals surface area (Å²) in [6, 6.07) is 10.9. The van der Waals surface area contributed by atoms with E-state index in [4.69, 9.17) is 0 Å². The van der Waals surface area contributed by atoms with Gasteiger partial charge in [0.15, 0.2) is 0 Å². The van der Waals surface area contributed by atoms with Crippen LogP contribution in [0.1, 0.15) is 42.0 Å². The summed E-state index contributed by atoms with van der Waals surface area (Å²) in [4.78, 5) is 31.8. The fraction of sp³-hybridized carbons (Fsp3) is 0.458. The Balaban J connectivity index is 1.44. The van der Waals surface area contributed by atoms with E-state index in [0.717, 1.165) is 24.1 Å². The van der Waals surface area contributed by atoms with Crippen molar-refractivity contribution in [3.8, 4) is 0 Å². The highest BCUT2D eigenvalue weighted by atomic mass is 19.1. The highest BCUT2D eigenvalue weighted by Gasteiger charge is 2.39. The summed E-state index contributed by atoms with van der Waals surface area (Å²) in [5.41, 5.74) is 2.52. The van der Waals surface area contributed by atoms with Crippen molar-refractivity contribution in [2.24, 2.45) is 11.8 Å². The second-order valence-corrected chi connectivity index (χ2v) is 8.52. The van der Waals surface area contributed by atoms with Crippen LogP contribution in [0, 0.1) is 24.6 Å². The topological polar surface area (TPSA) is 62.3 Å². The predicted molar refractivity (Wildman–Crippen MR) is 112 cm³/mol. The molecule has 1 aliphatic carbocycles. The Bertz CT molecular complexity index is 914. The molecule has 1 saturated heterocycles. The van der Waals surface area contributed by atoms with E-state index in [9.17, 15) is 14.0 Å². The van der Waals surface area contributed by atoms with Crippen LogP contribution >= 0.6 is 0 Å². The van der Waals surface area contributed by atoms with Gasteiger partial charge in [-0.25, -0.2) is 4.39 Å². The Morgan fingerprint density at radius 3 is 2.70 bits per heavy atom. The van der Waals surface area contributed by atoms with E-state index < -0.39 is 0 Å². The lowest BCUT2D eigenvalue weighted by molar-refractivity contribution is -0.137. The highest BCUT2D eigenvalue weighted by Crippen LogP contribution is 2.36. The summed E-state index contributed by atoms with van der Waals surface area (Å²) in [5, 5.41) is 3.02. The van der Waals surface area contributed by atoms with Gasteiger partial charge in [0.1, 0.15) is 5.82 Å². The molecule has 30 heavy (non-hydrogen) atoms. The average molecular weight is 410 g/mol. The normalized spacial score (nSPS) is 21.3. The zero-order valence-electron chi connectivity index (χ0n) is 17.3. The fourth-order valence-electron chi connectivity index (χ4n) is 4.22. The van der Waals surface area contributed by atoms with Crippen LogP contribution in [-0.2, 0) is 16.0 Å². The molecule has 5 nitrogen and oxygen atoms in total. The van der Waals surface area contributed by atoms with Crippen molar-refractivity contribution in [1.29, 1.82) is 0 Å². The van der Waals surface area contributed by atoms with Crippen molar-refractivity contribution < 1.29 is 14.0 Å². The molecule has 1 aromatic heterocycles. The minimum absolute atomic E-state index is 0.0249. The van der Waals surface area contributed by atoms with Gasteiger partial charge in [0.25, 0.3) is 0 Å². The molecule has 2 aliphatic rings. The lowest BCUT2D eigenvalue weighted by atomic mass is 9.83. The maximum absolute atomic E-state index is 13.7. The monoisotopic (exact) mass is 409 g/mol. The van der Waals surface area contributed by atoms with Crippen LogP contribution in [0.5, 0.6) is 0 Å². The van der Waals surface area contributed by atoms with E-state index in [1.165, 1.54) is 6.07 Å². The molecular weight excluding hydrogens is 381 g/mol. The molecule has 4 rings (SSSR count). The first kappa shape index (κ1) is 20.5. The number of carbonyl (C=O) groups is 2. The van der Waals surface area contributed by atoms with Gasteiger partial charge in [0.05, 0.1) is 5.92 Å². The van der Waals surface area contributed by atoms with Crippen molar-refractivity contribution >= 4 is 11.8 Å². The second-order valence-electron chi connectivity index (χ2n) is 8.52. The molecule has 2 heterocycles. The summed E-state index contributed by atoms with van der Waals surface area (Å²) in [5.74, 6) is -0.212. The van der Waals surface area contributed by atoms with Gasteiger partial charge in [0.2, 0.25) is 11.8 Å². The first-order chi connectivity index (χ1) is 14.5. The molecule has 0 radical (unpaired) electrons. The summed E-state index contributed by atoms with van der Waals surface area (Å²) in [7, 11) is 0. The van der Waals surface area contributed by atoms with Crippen LogP contribution < -0.4 is 5.32 Å². The predicted octanol–water partition coefficient (Wildman–Crippen LogP) is 3.23. The number of likely N-dealkylation sites (tertiary alicyclic amines) is 1. The molecule has 2 aromatic rings. The van der Waals surface area contributed by atoms with Gasteiger partial charge >= 0.3 is 0 Å². The quantitative estimate of drug-likeness (QED) is 0.797. The van der Waals surface area contributed by atoms with Crippen molar-refractivity contribution in [2.45, 2.75) is 38.5 Å². The minimum atomic E-state index is -0.263. The number of aryl methyl sites for hydroxylation is 1. The molecular formula is C24H28FN3O2. The molecule has 1 aliphatic heterocycles. The molecule has 1 saturated carbocycles. The Labute approximate surface area is 176 Å². The van der Waals surface area contributed by atoms with E-state index >= 15 is 0 Å². The third kappa shape index (κ3) is 4.86. The lowest BCUT2D eigenvalue weighted by Crippen LogP contribution is -2.48. The number of halogens is 1. The first-order valence-corrected chi connectivity index (χ1v) is 10.7. The third-order valence-corrected chi connectivity index (χ3v) is 6.12. The number of aromatic nitrogens is 1. The molecule has 1 N–H and O–H groups in total. The van der Waals surface area contributed by atoms with Crippen LogP contribution in [0.3, 0.4) is 0 Å². The number of piperidine rings is 1. The van der Waals surface area contributed by atoms with Crippen LogP contribution in [0.2, 0.25) is 0 Å². The molecule has 0 unspecified atom stereocenters. The number of carbonyl (C=O) groups excluding carboxylic acids is 2. The zero-order valence-corrected chi connectivity index (χ0v) is 17.3. The summed E-state index contributed by atoms with van der Waals surface area (Å²) < 4.78 is 13.7. The van der Waals surface area contributed by atoms with Gasteiger partial charge < -0.3 is 10.2 Å². The maximum Gasteiger partial charge on any atom is 0.225 e. The zero-order chi connectivity index (χ0) is 21.1. The first-order valence-electron chi connectivity index (χ1n) is 10.7. The van der Waals surface area contributed by atoms with Crippen molar-refractivity contribution in [3.63, 3.8) is 0 Å². The van der Waals surface area contributed by atoms with E-state index in [-0.39, 0.29) is 35.4 Å². The number of nitrogens with one attached hydrogen (secondary N) is 1. The minimum Gasteiger partial charge on any atom is -0.355 e. The Morgan fingerprint density at radius 1 is 1.17 bits per heavy atom. The highest BCUT2D eigenvalue weighted by molar-refractivity contribution is 5.83. The van der Waals surface area contributed by atoms with Crippen LogP contribution in [-0.4, -0.2) is 41.3 Å². The molecule has 2 fully saturated rings. The van der Waals surface area contributed by atoms with Crippen molar-refractivity contribution in [2.75, 3.05) is 19.6 Å². The molecule has 6 heteroatoms. The third-order valence-electron chi connectivity index (χ3n) is 6.12. The molecule has 2 amide bonds. The maximum atomic E-state index is 13.7. The van der Waals surface area contributed by atoms with Gasteiger partial charge in [0, 0.05) is 49.8 Å². The number of pyridine rings is 1. The SMILES string of the molecule is Cc1cc([C@H]2C[C@H](C(=O)NCCc3ccccn3)CN(C(=O)C3CC3)C2)ccc1F. The molecule has 0 spiro atoms. The average Bonchev–Trinajstić information content (AvgIpc) is 3.61. The van der Waals surface area contributed by atoms with E-state index in [2.05, 4.69) is 10.3 Å². The van der Waals surface area contributed by atoms with E-state index in [1.54, 1.807) is 19.2 Å². The summed E-state index contributed by atoms with van der Waals surface area (Å²) in [6.45, 7) is 3.32. The summed E-state index contributed by atoms with van der Waals surface area (Å²) >= 11 is 0. The molecule has 2 atom stereocenters. The van der Waals surface area contributed by atoms with Gasteiger partial charge in [-0.15, -0.1) is 0 Å². The Morgan fingerprint density at radius 2 is 2.00 bits per heavy atom. The fourth-order valence-corrected chi connectivity index (χ4v) is 4.22. The summed E-state index contributed by atoms with van der Waals surface area (Å²) in [6.07, 6.45) is 4.96. The Hall–Kier alpha value is -2.76. The van der Waals surface area contributed by atoms with Gasteiger partial charge in [-0.1, -0.05) is 18.2 Å². The molecule has 1 aromatic carbocycles. The number of amides is 2. The van der Waals surface area contributed by atoms with Crippen LogP contribution in [0.25, 0.3) is 0 Å².